The highest BCUT2D eigenvalue weighted by molar-refractivity contribution is 5.42. The van der Waals surface area contributed by atoms with Crippen molar-refractivity contribution in [3.8, 4) is 0 Å². The van der Waals surface area contributed by atoms with Gasteiger partial charge in [-0.25, -0.2) is 4.39 Å². The van der Waals surface area contributed by atoms with Crippen molar-refractivity contribution in [1.29, 1.82) is 0 Å². The molecule has 0 aliphatic carbocycles. The number of benzene rings is 2. The van der Waals surface area contributed by atoms with Crippen molar-refractivity contribution in [2.45, 2.75) is 13.5 Å². The van der Waals surface area contributed by atoms with Gasteiger partial charge in [-0.15, -0.1) is 0 Å². The lowest BCUT2D eigenvalue weighted by Gasteiger charge is -2.29. The summed E-state index contributed by atoms with van der Waals surface area (Å²) >= 11 is 0. The summed E-state index contributed by atoms with van der Waals surface area (Å²) in [6.45, 7) is 2.98. The maximum Gasteiger partial charge on any atom is 0.132 e. The molecule has 0 aliphatic rings. The summed E-state index contributed by atoms with van der Waals surface area (Å²) in [5.74, 6) is -0.186. The summed E-state index contributed by atoms with van der Waals surface area (Å²) in [7, 11) is 4.26. The van der Waals surface area contributed by atoms with Crippen molar-refractivity contribution in [3.05, 3.63) is 65.5 Å². The van der Waals surface area contributed by atoms with Gasteiger partial charge in [-0.2, -0.15) is 0 Å². The number of hydrogen-bond donors (Lipinski definition) is 0. The zero-order valence-corrected chi connectivity index (χ0v) is 11.2. The van der Waals surface area contributed by atoms with Gasteiger partial charge in [0.2, 0.25) is 0 Å². The van der Waals surface area contributed by atoms with E-state index in [0.717, 1.165) is 12.2 Å². The minimum absolute atomic E-state index is 0.186. The van der Waals surface area contributed by atoms with Crippen molar-refractivity contribution in [2.24, 2.45) is 0 Å². The average Bonchev–Trinajstić information content (AvgIpc) is 2.32. The standard InChI is InChI=1S/C16H19FN/c1-13-4-6-14(7-5-13)12-18(2,3)16-10-8-15(17)9-11-16/h4-11H,12H2,1-3H3/q+1. The van der Waals surface area contributed by atoms with E-state index < -0.39 is 0 Å². The first-order valence-corrected chi connectivity index (χ1v) is 6.12. The summed E-state index contributed by atoms with van der Waals surface area (Å²) in [6, 6.07) is 15.3. The smallest absolute Gasteiger partial charge is 0.132 e. The maximum atomic E-state index is 12.9. The Balaban J connectivity index is 2.20. The molecule has 2 aromatic rings. The predicted octanol–water partition coefficient (Wildman–Crippen LogP) is 3.90. The van der Waals surface area contributed by atoms with Crippen LogP contribution in [-0.4, -0.2) is 14.1 Å². The van der Waals surface area contributed by atoms with E-state index in [1.807, 2.05) is 12.1 Å². The molecule has 0 unspecified atom stereocenters. The van der Waals surface area contributed by atoms with Crippen LogP contribution in [0.1, 0.15) is 11.1 Å². The maximum absolute atomic E-state index is 12.9. The van der Waals surface area contributed by atoms with Gasteiger partial charge >= 0.3 is 0 Å². The number of nitrogens with zero attached hydrogens (tertiary/aromatic N) is 1. The van der Waals surface area contributed by atoms with Gasteiger partial charge in [0.1, 0.15) is 18.0 Å². The highest BCUT2D eigenvalue weighted by atomic mass is 19.1. The molecule has 0 fully saturated rings. The Bertz CT molecular complexity index is 512. The molecular weight excluding hydrogens is 225 g/mol. The second-order valence-corrected chi connectivity index (χ2v) is 5.31. The number of quaternary nitrogens is 1. The van der Waals surface area contributed by atoms with Gasteiger partial charge in [0.15, 0.2) is 0 Å². The number of hydrogen-bond acceptors (Lipinski definition) is 0. The van der Waals surface area contributed by atoms with E-state index in [1.54, 1.807) is 0 Å². The van der Waals surface area contributed by atoms with Crippen LogP contribution in [-0.2, 0) is 6.54 Å². The third-order valence-corrected chi connectivity index (χ3v) is 3.22. The fourth-order valence-electron chi connectivity index (χ4n) is 2.09. The number of rotatable bonds is 3. The Hall–Kier alpha value is -1.67. The Labute approximate surface area is 108 Å². The Kier molecular flexibility index (Phi) is 3.48. The highest BCUT2D eigenvalue weighted by Gasteiger charge is 2.19. The van der Waals surface area contributed by atoms with Crippen LogP contribution in [0.15, 0.2) is 48.5 Å². The van der Waals surface area contributed by atoms with Crippen molar-refractivity contribution in [2.75, 3.05) is 14.1 Å². The molecule has 18 heavy (non-hydrogen) atoms. The molecule has 0 aliphatic heterocycles. The lowest BCUT2D eigenvalue weighted by Crippen LogP contribution is -2.39. The van der Waals surface area contributed by atoms with Gasteiger partial charge < -0.3 is 0 Å². The quantitative estimate of drug-likeness (QED) is 0.718. The average molecular weight is 244 g/mol. The molecule has 0 heterocycles. The molecule has 0 bridgehead atoms. The summed E-state index contributed by atoms with van der Waals surface area (Å²) < 4.78 is 13.7. The molecule has 94 valence electrons. The molecule has 1 nitrogen and oxygen atoms in total. The molecule has 2 aromatic carbocycles. The van der Waals surface area contributed by atoms with E-state index in [0.29, 0.717) is 4.48 Å². The predicted molar refractivity (Wildman–Crippen MR) is 74.9 cm³/mol. The minimum atomic E-state index is -0.186. The second kappa shape index (κ2) is 4.91. The molecular formula is C16H19FN+. The van der Waals surface area contributed by atoms with Crippen molar-refractivity contribution in [1.82, 2.24) is 4.48 Å². The number of halogens is 1. The van der Waals surface area contributed by atoms with E-state index >= 15 is 0 Å². The van der Waals surface area contributed by atoms with E-state index in [1.165, 1.54) is 23.3 Å². The third kappa shape index (κ3) is 2.96. The van der Waals surface area contributed by atoms with Crippen molar-refractivity contribution in [3.63, 3.8) is 0 Å². The fraction of sp³-hybridized carbons (Fsp3) is 0.250. The zero-order chi connectivity index (χ0) is 13.2. The molecule has 0 saturated heterocycles. The molecule has 0 radical (unpaired) electrons. The van der Waals surface area contributed by atoms with Crippen LogP contribution in [0.5, 0.6) is 0 Å². The van der Waals surface area contributed by atoms with E-state index in [-0.39, 0.29) is 5.82 Å². The third-order valence-electron chi connectivity index (χ3n) is 3.22. The van der Waals surface area contributed by atoms with Crippen LogP contribution in [0.4, 0.5) is 10.1 Å². The Morgan fingerprint density at radius 2 is 1.44 bits per heavy atom. The van der Waals surface area contributed by atoms with Crippen LogP contribution < -0.4 is 4.48 Å². The van der Waals surface area contributed by atoms with Crippen LogP contribution in [0, 0.1) is 12.7 Å². The van der Waals surface area contributed by atoms with Gasteiger partial charge in [0.25, 0.3) is 0 Å². The molecule has 0 N–H and O–H groups in total. The van der Waals surface area contributed by atoms with E-state index in [9.17, 15) is 4.39 Å². The summed E-state index contributed by atoms with van der Waals surface area (Å²) in [4.78, 5) is 0. The minimum Gasteiger partial charge on any atom is -0.292 e. The van der Waals surface area contributed by atoms with Crippen LogP contribution in [0.25, 0.3) is 0 Å². The summed E-state index contributed by atoms with van der Waals surface area (Å²) in [6.07, 6.45) is 0. The van der Waals surface area contributed by atoms with Gasteiger partial charge in [0, 0.05) is 17.7 Å². The Morgan fingerprint density at radius 1 is 0.889 bits per heavy atom. The summed E-state index contributed by atoms with van der Waals surface area (Å²) in [5.41, 5.74) is 3.66. The largest absolute Gasteiger partial charge is 0.292 e. The normalized spacial score (nSPS) is 11.6. The molecule has 0 spiro atoms. The van der Waals surface area contributed by atoms with E-state index in [4.69, 9.17) is 0 Å². The van der Waals surface area contributed by atoms with Gasteiger partial charge in [-0.1, -0.05) is 29.8 Å². The first-order chi connectivity index (χ1) is 8.47. The molecule has 2 rings (SSSR count). The van der Waals surface area contributed by atoms with E-state index in [2.05, 4.69) is 45.3 Å². The van der Waals surface area contributed by atoms with Gasteiger partial charge in [-0.05, 0) is 19.1 Å². The van der Waals surface area contributed by atoms with Gasteiger partial charge in [0.05, 0.1) is 14.1 Å². The molecule has 0 saturated carbocycles. The lowest BCUT2D eigenvalue weighted by atomic mass is 10.1. The Morgan fingerprint density at radius 3 is 2.00 bits per heavy atom. The molecule has 0 amide bonds. The summed E-state index contributed by atoms with van der Waals surface area (Å²) in [5, 5.41) is 0. The first kappa shape index (κ1) is 12.8. The molecule has 0 aromatic heterocycles. The molecule has 2 heteroatoms. The topological polar surface area (TPSA) is 0 Å². The van der Waals surface area contributed by atoms with Crippen LogP contribution in [0.2, 0.25) is 0 Å². The fourth-order valence-corrected chi connectivity index (χ4v) is 2.09. The lowest BCUT2D eigenvalue weighted by molar-refractivity contribution is 0.391. The monoisotopic (exact) mass is 244 g/mol. The van der Waals surface area contributed by atoms with Gasteiger partial charge in [-0.3, -0.25) is 4.48 Å². The second-order valence-electron chi connectivity index (χ2n) is 5.31. The van der Waals surface area contributed by atoms with Crippen LogP contribution >= 0.6 is 0 Å². The highest BCUT2D eigenvalue weighted by Crippen LogP contribution is 2.22. The molecule has 0 atom stereocenters. The van der Waals surface area contributed by atoms with Crippen molar-refractivity contribution < 1.29 is 4.39 Å². The first-order valence-electron chi connectivity index (χ1n) is 6.12. The van der Waals surface area contributed by atoms with Crippen molar-refractivity contribution >= 4 is 5.69 Å². The zero-order valence-electron chi connectivity index (χ0n) is 11.2. The SMILES string of the molecule is Cc1ccc(C[N+](C)(C)c2ccc(F)cc2)cc1. The van der Waals surface area contributed by atoms with Crippen LogP contribution in [0.3, 0.4) is 0 Å². The number of aryl methyl sites for hydroxylation is 1.